The third-order valence-corrected chi connectivity index (χ3v) is 4.67. The summed E-state index contributed by atoms with van der Waals surface area (Å²) in [7, 11) is 1.33. The maximum atomic E-state index is 12.7. The Morgan fingerprint density at radius 1 is 0.967 bits per heavy atom. The predicted octanol–water partition coefficient (Wildman–Crippen LogP) is 2.17. The van der Waals surface area contributed by atoms with E-state index in [0.29, 0.717) is 26.4 Å². The van der Waals surface area contributed by atoms with Gasteiger partial charge in [0.15, 0.2) is 0 Å². The van der Waals surface area contributed by atoms with Crippen molar-refractivity contribution < 1.29 is 33.3 Å². The molecule has 0 saturated heterocycles. The fourth-order valence-corrected chi connectivity index (χ4v) is 3.24. The molecule has 1 fully saturated rings. The zero-order chi connectivity index (χ0) is 22.4. The highest BCUT2D eigenvalue weighted by Gasteiger charge is 2.32. The van der Waals surface area contributed by atoms with Crippen LogP contribution >= 0.6 is 0 Å². The molecule has 0 aromatic rings. The fourth-order valence-electron chi connectivity index (χ4n) is 3.24. The number of ether oxygens (including phenoxy) is 4. The van der Waals surface area contributed by atoms with Crippen molar-refractivity contribution in [3.05, 3.63) is 0 Å². The van der Waals surface area contributed by atoms with Crippen LogP contribution in [0, 0.1) is 5.92 Å². The number of hydrogen-bond donors (Lipinski definition) is 2. The van der Waals surface area contributed by atoms with Crippen molar-refractivity contribution in [3.8, 4) is 0 Å². The number of nitrogens with one attached hydrogen (secondary N) is 2. The minimum absolute atomic E-state index is 0.107. The Kier molecular flexibility index (Phi) is 12.4. The van der Waals surface area contributed by atoms with Gasteiger partial charge in [-0.1, -0.05) is 19.3 Å². The summed E-state index contributed by atoms with van der Waals surface area (Å²) in [5, 5.41) is 5.60. The van der Waals surface area contributed by atoms with E-state index >= 15 is 0 Å². The standard InChI is InChI=1S/C21H38N2O7/c1-21(2,3)30-20(26)23-18(16-8-6-5-7-9-16)19(25)22-11-13-29-15-14-28-12-10-17(24)27-4/h16,18H,5-15H2,1-4H3,(H,22,25)(H,23,26)/t18-/m1/s1. The molecular weight excluding hydrogens is 392 g/mol. The fraction of sp³-hybridized carbons (Fsp3) is 0.857. The lowest BCUT2D eigenvalue weighted by Crippen LogP contribution is -2.52. The van der Waals surface area contributed by atoms with Crippen molar-refractivity contribution in [2.24, 2.45) is 5.92 Å². The van der Waals surface area contributed by atoms with Crippen molar-refractivity contribution in [2.45, 2.75) is 70.9 Å². The number of methoxy groups -OCH3 is 1. The summed E-state index contributed by atoms with van der Waals surface area (Å²) in [6.07, 6.45) is 4.73. The third kappa shape index (κ3) is 12.0. The molecule has 30 heavy (non-hydrogen) atoms. The Balaban J connectivity index is 2.32. The van der Waals surface area contributed by atoms with Crippen LogP contribution in [0.5, 0.6) is 0 Å². The van der Waals surface area contributed by atoms with Crippen molar-refractivity contribution in [1.29, 1.82) is 0 Å². The van der Waals surface area contributed by atoms with Crippen LogP contribution in [0.1, 0.15) is 59.3 Å². The van der Waals surface area contributed by atoms with E-state index in [9.17, 15) is 14.4 Å². The second-order valence-electron chi connectivity index (χ2n) is 8.36. The van der Waals surface area contributed by atoms with Gasteiger partial charge in [0.1, 0.15) is 11.6 Å². The zero-order valence-corrected chi connectivity index (χ0v) is 18.8. The summed E-state index contributed by atoms with van der Waals surface area (Å²) < 4.78 is 20.5. The summed E-state index contributed by atoms with van der Waals surface area (Å²) in [6, 6.07) is -0.609. The highest BCUT2D eigenvalue weighted by Crippen LogP contribution is 2.27. The van der Waals surface area contributed by atoms with E-state index in [1.54, 1.807) is 20.8 Å². The Labute approximate surface area is 179 Å². The van der Waals surface area contributed by atoms with Gasteiger partial charge < -0.3 is 29.6 Å². The van der Waals surface area contributed by atoms with Crippen molar-refractivity contribution in [3.63, 3.8) is 0 Å². The maximum absolute atomic E-state index is 12.7. The van der Waals surface area contributed by atoms with Crippen LogP contribution in [0.15, 0.2) is 0 Å². The van der Waals surface area contributed by atoms with Crippen molar-refractivity contribution >= 4 is 18.0 Å². The largest absolute Gasteiger partial charge is 0.469 e. The zero-order valence-electron chi connectivity index (χ0n) is 18.8. The monoisotopic (exact) mass is 430 g/mol. The molecule has 1 atom stereocenters. The molecule has 0 unspecified atom stereocenters. The molecule has 0 aliphatic heterocycles. The summed E-state index contributed by atoms with van der Waals surface area (Å²) >= 11 is 0. The average Bonchev–Trinajstić information content (AvgIpc) is 2.69. The minimum atomic E-state index is -0.621. The Morgan fingerprint density at radius 3 is 2.20 bits per heavy atom. The van der Waals surface area contributed by atoms with Crippen LogP contribution in [0.3, 0.4) is 0 Å². The topological polar surface area (TPSA) is 112 Å². The summed E-state index contributed by atoms with van der Waals surface area (Å²) in [6.45, 7) is 7.04. The number of hydrogen-bond acceptors (Lipinski definition) is 7. The minimum Gasteiger partial charge on any atom is -0.469 e. The molecule has 9 nitrogen and oxygen atoms in total. The average molecular weight is 431 g/mol. The smallest absolute Gasteiger partial charge is 0.408 e. The number of carbonyl (C=O) groups is 3. The van der Waals surface area contributed by atoms with E-state index < -0.39 is 17.7 Å². The van der Waals surface area contributed by atoms with Crippen LogP contribution in [0.25, 0.3) is 0 Å². The molecule has 0 radical (unpaired) electrons. The first kappa shape index (κ1) is 26.2. The molecule has 1 rings (SSSR count). The van der Waals surface area contributed by atoms with E-state index in [4.69, 9.17) is 14.2 Å². The normalized spacial score (nSPS) is 15.9. The molecule has 1 saturated carbocycles. The van der Waals surface area contributed by atoms with Gasteiger partial charge in [-0.2, -0.15) is 0 Å². The Bertz CT molecular complexity index is 528. The molecule has 1 aliphatic rings. The van der Waals surface area contributed by atoms with Gasteiger partial charge >= 0.3 is 12.1 Å². The molecular formula is C21H38N2O7. The van der Waals surface area contributed by atoms with Gasteiger partial charge in [-0.15, -0.1) is 0 Å². The van der Waals surface area contributed by atoms with E-state index in [2.05, 4.69) is 15.4 Å². The maximum Gasteiger partial charge on any atom is 0.408 e. The van der Waals surface area contributed by atoms with Crippen molar-refractivity contribution in [1.82, 2.24) is 10.6 Å². The number of rotatable bonds is 12. The van der Waals surface area contributed by atoms with Crippen LogP contribution in [-0.2, 0) is 28.5 Å². The van der Waals surface area contributed by atoms with E-state index in [1.165, 1.54) is 7.11 Å². The molecule has 174 valence electrons. The number of alkyl carbamates (subject to hydrolysis) is 1. The molecule has 1 aliphatic carbocycles. The van der Waals surface area contributed by atoms with Crippen LogP contribution in [0.2, 0.25) is 0 Å². The highest BCUT2D eigenvalue weighted by molar-refractivity contribution is 5.86. The highest BCUT2D eigenvalue weighted by atomic mass is 16.6. The first-order valence-corrected chi connectivity index (χ1v) is 10.7. The van der Waals surface area contributed by atoms with Gasteiger partial charge in [-0.3, -0.25) is 9.59 Å². The van der Waals surface area contributed by atoms with E-state index in [-0.39, 0.29) is 30.8 Å². The molecule has 0 bridgehead atoms. The first-order chi connectivity index (χ1) is 14.2. The van der Waals surface area contributed by atoms with Crippen LogP contribution in [0.4, 0.5) is 4.79 Å². The van der Waals surface area contributed by atoms with Gasteiger partial charge in [0.25, 0.3) is 0 Å². The molecule has 0 spiro atoms. The molecule has 2 N–H and O–H groups in total. The second-order valence-corrected chi connectivity index (χ2v) is 8.36. The van der Waals surface area contributed by atoms with E-state index in [1.807, 2.05) is 0 Å². The van der Waals surface area contributed by atoms with Gasteiger partial charge in [-0.05, 0) is 39.5 Å². The Hall–Kier alpha value is -1.87. The van der Waals surface area contributed by atoms with E-state index in [0.717, 1.165) is 32.1 Å². The summed E-state index contributed by atoms with van der Waals surface area (Å²) in [5.74, 6) is -0.424. The number of amides is 2. The number of carbonyl (C=O) groups excluding carboxylic acids is 3. The first-order valence-electron chi connectivity index (χ1n) is 10.7. The van der Waals surface area contributed by atoms with Gasteiger partial charge in [0.2, 0.25) is 5.91 Å². The summed E-state index contributed by atoms with van der Waals surface area (Å²) in [4.78, 5) is 35.8. The van der Waals surface area contributed by atoms with Gasteiger partial charge in [-0.25, -0.2) is 4.79 Å². The molecule has 2 amide bonds. The van der Waals surface area contributed by atoms with Gasteiger partial charge in [0, 0.05) is 6.54 Å². The quantitative estimate of drug-likeness (QED) is 0.360. The Morgan fingerprint density at radius 2 is 1.60 bits per heavy atom. The molecule has 0 aromatic carbocycles. The van der Waals surface area contributed by atoms with Gasteiger partial charge in [0.05, 0.1) is 40.0 Å². The van der Waals surface area contributed by atoms with Crippen molar-refractivity contribution in [2.75, 3.05) is 40.1 Å². The molecule has 9 heteroatoms. The molecule has 0 aromatic heterocycles. The van der Waals surface area contributed by atoms with Crippen LogP contribution in [-0.4, -0.2) is 69.7 Å². The SMILES string of the molecule is COC(=O)CCOCCOCCNC(=O)[C@H](NC(=O)OC(C)(C)C)C1CCCCC1. The lowest BCUT2D eigenvalue weighted by atomic mass is 9.83. The summed E-state index contributed by atoms with van der Waals surface area (Å²) in [5.41, 5.74) is -0.621. The van der Waals surface area contributed by atoms with Crippen LogP contribution < -0.4 is 10.6 Å². The lowest BCUT2D eigenvalue weighted by Gasteiger charge is -2.31. The lowest BCUT2D eigenvalue weighted by molar-refractivity contribution is -0.141. The number of esters is 1. The second kappa shape index (κ2) is 14.2. The molecule has 0 heterocycles. The predicted molar refractivity (Wildman–Crippen MR) is 111 cm³/mol. The third-order valence-electron chi connectivity index (χ3n) is 4.67.